The van der Waals surface area contributed by atoms with Crippen molar-refractivity contribution in [2.24, 2.45) is 5.73 Å². The van der Waals surface area contributed by atoms with Gasteiger partial charge in [0.1, 0.15) is 6.10 Å². The third-order valence-corrected chi connectivity index (χ3v) is 4.69. The molecule has 3 rings (SSSR count). The lowest BCUT2D eigenvalue weighted by atomic mass is 10.2. The minimum Gasteiger partial charge on any atom is -0.364 e. The zero-order valence-corrected chi connectivity index (χ0v) is 15.1. The Morgan fingerprint density at radius 3 is 2.36 bits per heavy atom. The molecular formula is C17H20ClN3O3S. The van der Waals surface area contributed by atoms with Crippen LogP contribution in [0.3, 0.4) is 0 Å². The Kier molecular flexibility index (Phi) is 6.95. The van der Waals surface area contributed by atoms with Crippen molar-refractivity contribution in [3.05, 3.63) is 46.7 Å². The summed E-state index contributed by atoms with van der Waals surface area (Å²) < 4.78 is 5.57. The number of benzene rings is 1. The van der Waals surface area contributed by atoms with Gasteiger partial charge in [0.05, 0.1) is 11.0 Å². The van der Waals surface area contributed by atoms with Crippen LogP contribution in [0, 0.1) is 0 Å². The van der Waals surface area contributed by atoms with Crippen LogP contribution in [0.2, 0.25) is 0 Å². The highest BCUT2D eigenvalue weighted by atomic mass is 35.5. The van der Waals surface area contributed by atoms with Crippen LogP contribution < -0.4 is 16.4 Å². The normalized spacial score (nSPS) is 19.1. The van der Waals surface area contributed by atoms with Crippen LogP contribution in [0.25, 0.3) is 0 Å². The number of thiophene rings is 1. The summed E-state index contributed by atoms with van der Waals surface area (Å²) in [6, 6.07) is 10.6. The van der Waals surface area contributed by atoms with Crippen LogP contribution in [-0.2, 0) is 9.53 Å². The maximum atomic E-state index is 12.1. The highest BCUT2D eigenvalue weighted by Crippen LogP contribution is 2.21. The summed E-state index contributed by atoms with van der Waals surface area (Å²) >= 11 is 1.39. The molecule has 1 fully saturated rings. The van der Waals surface area contributed by atoms with Crippen molar-refractivity contribution in [2.75, 3.05) is 17.2 Å². The van der Waals surface area contributed by atoms with Crippen molar-refractivity contribution in [3.8, 4) is 0 Å². The minimum atomic E-state index is -0.447. The van der Waals surface area contributed by atoms with Crippen molar-refractivity contribution in [1.82, 2.24) is 0 Å². The van der Waals surface area contributed by atoms with Gasteiger partial charge < -0.3 is 21.1 Å². The second kappa shape index (κ2) is 8.96. The summed E-state index contributed by atoms with van der Waals surface area (Å²) in [5, 5.41) is 7.49. The van der Waals surface area contributed by atoms with E-state index in [2.05, 4.69) is 10.6 Å². The lowest BCUT2D eigenvalue weighted by molar-refractivity contribution is -0.126. The van der Waals surface area contributed by atoms with E-state index < -0.39 is 6.10 Å². The molecule has 0 unspecified atom stereocenters. The number of amides is 2. The molecule has 2 atom stereocenters. The van der Waals surface area contributed by atoms with Gasteiger partial charge in [-0.1, -0.05) is 6.07 Å². The van der Waals surface area contributed by atoms with Crippen LogP contribution in [0.4, 0.5) is 11.4 Å². The predicted octanol–water partition coefficient (Wildman–Crippen LogP) is 2.87. The number of halogens is 1. The van der Waals surface area contributed by atoms with Crippen molar-refractivity contribution in [1.29, 1.82) is 0 Å². The minimum absolute atomic E-state index is 0. The highest BCUT2D eigenvalue weighted by molar-refractivity contribution is 7.12. The van der Waals surface area contributed by atoms with Gasteiger partial charge in [0.15, 0.2) is 0 Å². The molecule has 1 aliphatic heterocycles. The summed E-state index contributed by atoms with van der Waals surface area (Å²) in [5.74, 6) is -0.310. The number of hydrogen-bond acceptors (Lipinski definition) is 5. The van der Waals surface area contributed by atoms with Gasteiger partial charge in [-0.15, -0.1) is 23.7 Å². The molecule has 0 aliphatic carbocycles. The quantitative estimate of drug-likeness (QED) is 0.742. The summed E-state index contributed by atoms with van der Waals surface area (Å²) in [6.07, 6.45) is 1.01. The Balaban J connectivity index is 0.00000225. The van der Waals surface area contributed by atoms with E-state index in [4.69, 9.17) is 10.5 Å². The second-order valence-corrected chi connectivity index (χ2v) is 6.51. The van der Waals surface area contributed by atoms with Crippen molar-refractivity contribution >= 4 is 46.9 Å². The smallest absolute Gasteiger partial charge is 0.265 e. The van der Waals surface area contributed by atoms with E-state index in [0.717, 1.165) is 6.42 Å². The zero-order chi connectivity index (χ0) is 16.9. The number of nitrogens with two attached hydrogens (primary N) is 1. The zero-order valence-electron chi connectivity index (χ0n) is 13.4. The maximum Gasteiger partial charge on any atom is 0.265 e. The molecule has 2 aromatic rings. The SMILES string of the molecule is Cl.NC[C@H]1CC[C@@H](C(=O)Nc2ccc(NC(=O)c3cccs3)cc2)O1. The first-order valence-corrected chi connectivity index (χ1v) is 8.65. The number of rotatable bonds is 5. The molecular weight excluding hydrogens is 362 g/mol. The van der Waals surface area contributed by atoms with Gasteiger partial charge in [-0.2, -0.15) is 0 Å². The molecule has 0 radical (unpaired) electrons. The van der Waals surface area contributed by atoms with Crippen molar-refractivity contribution in [2.45, 2.75) is 25.0 Å². The van der Waals surface area contributed by atoms with Gasteiger partial charge in [-0.3, -0.25) is 9.59 Å². The standard InChI is InChI=1S/C17H19N3O3S.ClH/c18-10-13-7-8-14(23-13)16(21)19-11-3-5-12(6-4-11)20-17(22)15-2-1-9-24-15;/h1-6,9,13-14H,7-8,10,18H2,(H,19,21)(H,20,22);1H/t13-,14+;/m1./s1. The first-order chi connectivity index (χ1) is 11.7. The fraction of sp³-hybridized carbons (Fsp3) is 0.294. The van der Waals surface area contributed by atoms with Gasteiger partial charge in [0.2, 0.25) is 0 Å². The Morgan fingerprint density at radius 1 is 1.12 bits per heavy atom. The highest BCUT2D eigenvalue weighted by Gasteiger charge is 2.29. The molecule has 0 bridgehead atoms. The molecule has 1 saturated heterocycles. The van der Waals surface area contributed by atoms with E-state index >= 15 is 0 Å². The van der Waals surface area contributed by atoms with E-state index in [1.807, 2.05) is 11.4 Å². The van der Waals surface area contributed by atoms with E-state index in [-0.39, 0.29) is 30.3 Å². The summed E-state index contributed by atoms with van der Waals surface area (Å²) in [6.45, 7) is 0.433. The number of hydrogen-bond donors (Lipinski definition) is 3. The molecule has 134 valence electrons. The number of ether oxygens (including phenoxy) is 1. The van der Waals surface area contributed by atoms with Crippen LogP contribution in [0.1, 0.15) is 22.5 Å². The molecule has 1 aromatic carbocycles. The van der Waals surface area contributed by atoms with Crippen molar-refractivity contribution < 1.29 is 14.3 Å². The molecule has 1 aromatic heterocycles. The lowest BCUT2D eigenvalue weighted by Crippen LogP contribution is -2.29. The molecule has 0 spiro atoms. The van der Waals surface area contributed by atoms with Gasteiger partial charge in [0.25, 0.3) is 11.8 Å². The molecule has 8 heteroatoms. The predicted molar refractivity (Wildman–Crippen MR) is 102 cm³/mol. The van der Waals surface area contributed by atoms with Crippen LogP contribution in [0.5, 0.6) is 0 Å². The summed E-state index contributed by atoms with van der Waals surface area (Å²) in [4.78, 5) is 24.8. The molecule has 0 saturated carbocycles. The van der Waals surface area contributed by atoms with Crippen LogP contribution in [-0.4, -0.2) is 30.6 Å². The maximum absolute atomic E-state index is 12.1. The number of carbonyl (C=O) groups is 2. The Bertz CT molecular complexity index is 706. The van der Waals surface area contributed by atoms with Crippen LogP contribution >= 0.6 is 23.7 Å². The number of carbonyl (C=O) groups excluding carboxylic acids is 2. The van der Waals surface area contributed by atoms with Gasteiger partial charge in [-0.05, 0) is 48.6 Å². The first kappa shape index (κ1) is 19.4. The second-order valence-electron chi connectivity index (χ2n) is 5.56. The Morgan fingerprint density at radius 2 is 1.80 bits per heavy atom. The third kappa shape index (κ3) is 5.02. The topological polar surface area (TPSA) is 93.5 Å². The molecule has 2 amide bonds. The fourth-order valence-corrected chi connectivity index (χ4v) is 3.15. The number of nitrogens with one attached hydrogen (secondary N) is 2. The fourth-order valence-electron chi connectivity index (χ4n) is 2.53. The molecule has 1 aliphatic rings. The van der Waals surface area contributed by atoms with Gasteiger partial charge >= 0.3 is 0 Å². The number of anilines is 2. The Labute approximate surface area is 156 Å². The van der Waals surface area contributed by atoms with E-state index in [1.54, 1.807) is 30.3 Å². The van der Waals surface area contributed by atoms with E-state index in [1.165, 1.54) is 11.3 Å². The van der Waals surface area contributed by atoms with Crippen LogP contribution in [0.15, 0.2) is 41.8 Å². The van der Waals surface area contributed by atoms with Gasteiger partial charge in [-0.25, -0.2) is 0 Å². The first-order valence-electron chi connectivity index (χ1n) is 7.77. The van der Waals surface area contributed by atoms with Crippen molar-refractivity contribution in [3.63, 3.8) is 0 Å². The van der Waals surface area contributed by atoms with E-state index in [9.17, 15) is 9.59 Å². The van der Waals surface area contributed by atoms with E-state index in [0.29, 0.717) is 29.2 Å². The van der Waals surface area contributed by atoms with Gasteiger partial charge in [0, 0.05) is 17.9 Å². The largest absolute Gasteiger partial charge is 0.364 e. The summed E-state index contributed by atoms with van der Waals surface area (Å²) in [7, 11) is 0. The molecule has 6 nitrogen and oxygen atoms in total. The molecule has 2 heterocycles. The monoisotopic (exact) mass is 381 g/mol. The molecule has 4 N–H and O–H groups in total. The average molecular weight is 382 g/mol. The Hall–Kier alpha value is -1.93. The molecule has 25 heavy (non-hydrogen) atoms. The lowest BCUT2D eigenvalue weighted by Gasteiger charge is -2.13. The average Bonchev–Trinajstić information content (AvgIpc) is 3.28. The summed E-state index contributed by atoms with van der Waals surface area (Å²) in [5.41, 5.74) is 6.88. The third-order valence-electron chi connectivity index (χ3n) is 3.82.